The quantitative estimate of drug-likeness (QED) is 0.381. The minimum absolute atomic E-state index is 0.0622. The van der Waals surface area contributed by atoms with Crippen LogP contribution in [-0.4, -0.2) is 42.0 Å². The molecule has 11 heteroatoms. The number of carbonyl (C=O) groups excluding carboxylic acids is 1. The zero-order valence-electron chi connectivity index (χ0n) is 17.4. The second-order valence-corrected chi connectivity index (χ2v) is 10.9. The molecule has 0 aromatic heterocycles. The maximum atomic E-state index is 13.5. The standard InChI is InChI=1S/C22H23F3N2O5S/c23-15-6-14(7-16(24)19(15)25)27-21(29)11-3-4-17(26)18(5-11)33(31,32)20-12-1-2-13(20)9-22(30,8-12)10-28/h3-7,12-13,20,28,30H,1-2,8-10,26H2,(H,27,29)/t12-,13?,20?,22?/m0/s1. The Morgan fingerprint density at radius 2 is 1.67 bits per heavy atom. The van der Waals surface area contributed by atoms with Gasteiger partial charge in [0.15, 0.2) is 27.3 Å². The molecular weight excluding hydrogens is 461 g/mol. The topological polar surface area (TPSA) is 130 Å². The van der Waals surface area contributed by atoms with E-state index in [-0.39, 0.29) is 46.5 Å². The average molecular weight is 484 g/mol. The Morgan fingerprint density at radius 3 is 2.21 bits per heavy atom. The summed E-state index contributed by atoms with van der Waals surface area (Å²) in [6, 6.07) is 4.82. The number of hydrogen-bond acceptors (Lipinski definition) is 6. The predicted molar refractivity (Wildman–Crippen MR) is 114 cm³/mol. The first-order valence-electron chi connectivity index (χ1n) is 10.4. The highest BCUT2D eigenvalue weighted by molar-refractivity contribution is 7.92. The minimum Gasteiger partial charge on any atom is -0.398 e. The molecule has 7 nitrogen and oxygen atoms in total. The third kappa shape index (κ3) is 4.20. The van der Waals surface area contributed by atoms with Crippen molar-refractivity contribution in [3.8, 4) is 0 Å². The van der Waals surface area contributed by atoms with Gasteiger partial charge in [-0.15, -0.1) is 0 Å². The third-order valence-electron chi connectivity index (χ3n) is 6.60. The summed E-state index contributed by atoms with van der Waals surface area (Å²) >= 11 is 0. The fraction of sp³-hybridized carbons (Fsp3) is 0.409. The number of nitrogens with two attached hydrogens (primary N) is 1. The smallest absolute Gasteiger partial charge is 0.255 e. The Bertz CT molecular complexity index is 1180. The van der Waals surface area contributed by atoms with E-state index >= 15 is 0 Å². The van der Waals surface area contributed by atoms with Crippen LogP contribution in [0.1, 0.15) is 36.0 Å². The van der Waals surface area contributed by atoms with Crippen LogP contribution < -0.4 is 11.1 Å². The molecule has 0 spiro atoms. The number of hydrogen-bond donors (Lipinski definition) is 4. The highest BCUT2D eigenvalue weighted by atomic mass is 32.2. The van der Waals surface area contributed by atoms with Crippen LogP contribution in [0.25, 0.3) is 0 Å². The van der Waals surface area contributed by atoms with Gasteiger partial charge in [-0.05, 0) is 55.7 Å². The molecule has 33 heavy (non-hydrogen) atoms. The number of aliphatic hydroxyl groups excluding tert-OH is 1. The van der Waals surface area contributed by atoms with Gasteiger partial charge in [-0.25, -0.2) is 21.6 Å². The summed E-state index contributed by atoms with van der Waals surface area (Å²) in [5.41, 5.74) is 4.10. The van der Waals surface area contributed by atoms with Crippen molar-refractivity contribution in [1.82, 2.24) is 0 Å². The van der Waals surface area contributed by atoms with Crippen molar-refractivity contribution in [2.45, 2.75) is 41.4 Å². The molecule has 2 bridgehead atoms. The molecular formula is C22H23F3N2O5S. The zero-order chi connectivity index (χ0) is 24.1. The lowest BCUT2D eigenvalue weighted by Gasteiger charge is -2.39. The number of nitrogens with one attached hydrogen (secondary N) is 1. The van der Waals surface area contributed by atoms with Gasteiger partial charge in [0.2, 0.25) is 0 Å². The van der Waals surface area contributed by atoms with Gasteiger partial charge < -0.3 is 21.3 Å². The number of amides is 1. The number of anilines is 2. The Labute approximate surface area is 188 Å². The number of rotatable bonds is 5. The Hall–Kier alpha value is -2.63. The third-order valence-corrected chi connectivity index (χ3v) is 9.05. The summed E-state index contributed by atoms with van der Waals surface area (Å²) < 4.78 is 67.1. The number of aliphatic hydroxyl groups is 2. The van der Waals surface area contributed by atoms with Gasteiger partial charge in [0.1, 0.15) is 0 Å². The molecule has 3 unspecified atom stereocenters. The molecule has 2 fully saturated rings. The van der Waals surface area contributed by atoms with Crippen LogP contribution in [0.3, 0.4) is 0 Å². The second kappa shape index (κ2) is 8.30. The van der Waals surface area contributed by atoms with Gasteiger partial charge in [0.25, 0.3) is 5.91 Å². The first-order valence-corrected chi connectivity index (χ1v) is 11.9. The first kappa shape index (κ1) is 23.5. The molecule has 178 valence electrons. The predicted octanol–water partition coefficient (Wildman–Crippen LogP) is 2.62. The molecule has 2 aliphatic rings. The second-order valence-electron chi connectivity index (χ2n) is 8.86. The van der Waals surface area contributed by atoms with Crippen LogP contribution in [-0.2, 0) is 9.84 Å². The highest BCUT2D eigenvalue weighted by Crippen LogP contribution is 2.51. The summed E-state index contributed by atoms with van der Waals surface area (Å²) in [7, 11) is -4.00. The van der Waals surface area contributed by atoms with E-state index < -0.39 is 50.7 Å². The molecule has 5 N–H and O–H groups in total. The molecule has 4 rings (SSSR count). The van der Waals surface area contributed by atoms with Gasteiger partial charge in [0.05, 0.1) is 28.0 Å². The Morgan fingerprint density at radius 1 is 1.09 bits per heavy atom. The van der Waals surface area contributed by atoms with Crippen LogP contribution in [0.15, 0.2) is 35.2 Å². The van der Waals surface area contributed by atoms with Crippen molar-refractivity contribution < 1.29 is 36.6 Å². The summed E-state index contributed by atoms with van der Waals surface area (Å²) in [4.78, 5) is 12.4. The van der Waals surface area contributed by atoms with E-state index in [2.05, 4.69) is 5.32 Å². The monoisotopic (exact) mass is 484 g/mol. The van der Waals surface area contributed by atoms with Crippen LogP contribution in [0.2, 0.25) is 0 Å². The van der Waals surface area contributed by atoms with Crippen molar-refractivity contribution in [1.29, 1.82) is 0 Å². The number of halogens is 3. The molecule has 0 radical (unpaired) electrons. The van der Waals surface area contributed by atoms with Gasteiger partial charge >= 0.3 is 0 Å². The van der Waals surface area contributed by atoms with Gasteiger partial charge in [-0.1, -0.05) is 0 Å². The number of benzene rings is 2. The average Bonchev–Trinajstić information content (AvgIpc) is 3.05. The summed E-state index contributed by atoms with van der Waals surface area (Å²) in [6.07, 6.45) is 1.45. The number of fused-ring (bicyclic) bond motifs is 2. The van der Waals surface area contributed by atoms with E-state index in [0.717, 1.165) is 6.07 Å². The van der Waals surface area contributed by atoms with Crippen LogP contribution >= 0.6 is 0 Å². The van der Waals surface area contributed by atoms with Crippen molar-refractivity contribution in [3.05, 3.63) is 53.3 Å². The molecule has 4 atom stereocenters. The Balaban J connectivity index is 1.63. The maximum Gasteiger partial charge on any atom is 0.255 e. The minimum atomic E-state index is -4.00. The fourth-order valence-electron chi connectivity index (χ4n) is 5.17. The first-order chi connectivity index (χ1) is 15.4. The lowest BCUT2D eigenvalue weighted by Crippen LogP contribution is -2.48. The molecule has 2 aromatic carbocycles. The van der Waals surface area contributed by atoms with Crippen molar-refractivity contribution in [2.24, 2.45) is 11.8 Å². The largest absolute Gasteiger partial charge is 0.398 e. The van der Waals surface area contributed by atoms with E-state index in [1.54, 1.807) is 0 Å². The molecule has 2 aliphatic carbocycles. The SMILES string of the molecule is Nc1ccc(C(=O)Nc2cc(F)c(F)c(F)c2)cc1S(=O)(=O)C1C2CC[C@H]1CC(O)(CO)C2. The van der Waals surface area contributed by atoms with E-state index in [1.807, 2.05) is 0 Å². The van der Waals surface area contributed by atoms with E-state index in [1.165, 1.54) is 12.1 Å². The molecule has 0 heterocycles. The normalized spacial score (nSPS) is 26.9. The zero-order valence-corrected chi connectivity index (χ0v) is 18.2. The van der Waals surface area contributed by atoms with Gasteiger partial charge in [0, 0.05) is 23.4 Å². The lowest BCUT2D eigenvalue weighted by molar-refractivity contribution is -0.0597. The van der Waals surface area contributed by atoms with Gasteiger partial charge in [-0.3, -0.25) is 4.79 Å². The number of carbonyl (C=O) groups is 1. The van der Waals surface area contributed by atoms with Crippen LogP contribution in [0, 0.1) is 29.3 Å². The maximum absolute atomic E-state index is 13.5. The van der Waals surface area contributed by atoms with Crippen molar-refractivity contribution >= 4 is 27.1 Å². The van der Waals surface area contributed by atoms with E-state index in [9.17, 15) is 36.6 Å². The van der Waals surface area contributed by atoms with E-state index in [4.69, 9.17) is 5.73 Å². The molecule has 0 saturated heterocycles. The summed E-state index contributed by atoms with van der Waals surface area (Å²) in [5.74, 6) is -6.24. The molecule has 2 saturated carbocycles. The van der Waals surface area contributed by atoms with Crippen LogP contribution in [0.4, 0.5) is 24.5 Å². The summed E-state index contributed by atoms with van der Waals surface area (Å²) in [5, 5.41) is 21.4. The fourth-order valence-corrected chi connectivity index (χ4v) is 7.63. The Kier molecular flexibility index (Phi) is 5.92. The van der Waals surface area contributed by atoms with Crippen LogP contribution in [0.5, 0.6) is 0 Å². The van der Waals surface area contributed by atoms with E-state index in [0.29, 0.717) is 25.0 Å². The lowest BCUT2D eigenvalue weighted by atomic mass is 9.77. The highest BCUT2D eigenvalue weighted by Gasteiger charge is 2.54. The van der Waals surface area contributed by atoms with Crippen molar-refractivity contribution in [3.63, 3.8) is 0 Å². The molecule has 2 aromatic rings. The molecule has 0 aliphatic heterocycles. The number of nitrogen functional groups attached to an aromatic ring is 1. The summed E-state index contributed by atoms with van der Waals surface area (Å²) in [6.45, 7) is -0.449. The molecule has 1 amide bonds. The van der Waals surface area contributed by atoms with Gasteiger partial charge in [-0.2, -0.15) is 0 Å². The number of sulfone groups is 1. The van der Waals surface area contributed by atoms with Crippen molar-refractivity contribution in [2.75, 3.05) is 17.7 Å².